The topological polar surface area (TPSA) is 20.3 Å². The van der Waals surface area contributed by atoms with E-state index in [4.69, 9.17) is 11.6 Å². The fourth-order valence-corrected chi connectivity index (χ4v) is 3.74. The maximum Gasteiger partial charge on any atom is 0.168 e. The molecule has 1 saturated heterocycles. The normalized spacial score (nSPS) is 16.0. The number of nitrogens with zero attached hydrogens (tertiary/aromatic N) is 1. The summed E-state index contributed by atoms with van der Waals surface area (Å²) in [5.41, 5.74) is 1.70. The van der Waals surface area contributed by atoms with E-state index in [0.29, 0.717) is 17.9 Å². The Bertz CT molecular complexity index is 801. The van der Waals surface area contributed by atoms with Crippen LogP contribution < -0.4 is 0 Å². The zero-order valence-electron chi connectivity index (χ0n) is 14.8. The Morgan fingerprint density at radius 2 is 1.88 bits per heavy atom. The van der Waals surface area contributed by atoms with E-state index < -0.39 is 5.82 Å². The second-order valence-electron chi connectivity index (χ2n) is 7.10. The van der Waals surface area contributed by atoms with Gasteiger partial charge in [0.05, 0.1) is 5.02 Å². The molecule has 0 amide bonds. The van der Waals surface area contributed by atoms with Gasteiger partial charge in [-0.25, -0.2) is 8.78 Å². The highest BCUT2D eigenvalue weighted by Crippen LogP contribution is 2.24. The summed E-state index contributed by atoms with van der Waals surface area (Å²) >= 11 is 5.96. The van der Waals surface area contributed by atoms with Gasteiger partial charge in [0, 0.05) is 12.0 Å². The molecule has 26 heavy (non-hydrogen) atoms. The number of ketones is 1. The molecule has 1 heterocycles. The number of carbonyl (C=O) groups is 1. The highest BCUT2D eigenvalue weighted by atomic mass is 35.5. The molecule has 0 unspecified atom stereocenters. The van der Waals surface area contributed by atoms with Crippen LogP contribution in [-0.4, -0.2) is 30.8 Å². The number of hydrogen-bond acceptors (Lipinski definition) is 2. The molecule has 0 aliphatic carbocycles. The molecule has 5 heteroatoms. The SMILES string of the molecule is CN1CCC(Cc2cc(CC(=O)c3ccc(F)cc3Cl)ccc2F)CC1. The lowest BCUT2D eigenvalue weighted by molar-refractivity contribution is 0.0993. The number of rotatable bonds is 5. The van der Waals surface area contributed by atoms with E-state index in [0.717, 1.165) is 37.6 Å². The second-order valence-corrected chi connectivity index (χ2v) is 7.51. The van der Waals surface area contributed by atoms with Gasteiger partial charge in [-0.3, -0.25) is 4.79 Å². The molecule has 1 fully saturated rings. The first-order valence-electron chi connectivity index (χ1n) is 8.86. The van der Waals surface area contributed by atoms with Crippen LogP contribution in [0, 0.1) is 17.6 Å². The highest BCUT2D eigenvalue weighted by molar-refractivity contribution is 6.34. The first kappa shape index (κ1) is 19.0. The van der Waals surface area contributed by atoms with Crippen molar-refractivity contribution in [1.82, 2.24) is 4.90 Å². The quantitative estimate of drug-likeness (QED) is 0.689. The zero-order valence-corrected chi connectivity index (χ0v) is 15.5. The van der Waals surface area contributed by atoms with Crippen LogP contribution in [0.3, 0.4) is 0 Å². The first-order valence-corrected chi connectivity index (χ1v) is 9.24. The van der Waals surface area contributed by atoms with Gasteiger partial charge in [0.15, 0.2) is 5.78 Å². The number of benzene rings is 2. The largest absolute Gasteiger partial charge is 0.306 e. The Kier molecular flexibility index (Phi) is 6.05. The van der Waals surface area contributed by atoms with Crippen molar-refractivity contribution in [3.05, 3.63) is 69.7 Å². The van der Waals surface area contributed by atoms with Crippen molar-refractivity contribution in [3.8, 4) is 0 Å². The third-order valence-electron chi connectivity index (χ3n) is 5.05. The fraction of sp³-hybridized carbons (Fsp3) is 0.381. The summed E-state index contributed by atoms with van der Waals surface area (Å²) in [7, 11) is 2.10. The summed E-state index contributed by atoms with van der Waals surface area (Å²) in [6, 6.07) is 8.58. The molecule has 0 N–H and O–H groups in total. The van der Waals surface area contributed by atoms with Crippen LogP contribution in [0.2, 0.25) is 5.02 Å². The molecule has 2 aromatic rings. The summed E-state index contributed by atoms with van der Waals surface area (Å²) in [5, 5.41) is 0.101. The second kappa shape index (κ2) is 8.28. The molecule has 0 spiro atoms. The van der Waals surface area contributed by atoms with Crippen LogP contribution in [0.1, 0.15) is 34.3 Å². The van der Waals surface area contributed by atoms with Crippen molar-refractivity contribution in [2.45, 2.75) is 25.7 Å². The standard InChI is InChI=1S/C21H22ClF2NO/c1-25-8-6-14(7-9-25)10-16-11-15(2-5-20(16)24)12-21(26)18-4-3-17(23)13-19(18)22/h2-5,11,13-14H,6-10,12H2,1H3. The van der Waals surface area contributed by atoms with E-state index in [-0.39, 0.29) is 28.6 Å². The lowest BCUT2D eigenvalue weighted by Crippen LogP contribution is -2.31. The highest BCUT2D eigenvalue weighted by Gasteiger charge is 2.19. The van der Waals surface area contributed by atoms with Gasteiger partial charge >= 0.3 is 0 Å². The van der Waals surface area contributed by atoms with Crippen LogP contribution in [0.15, 0.2) is 36.4 Å². The number of halogens is 3. The fourth-order valence-electron chi connectivity index (χ4n) is 3.47. The predicted molar refractivity (Wildman–Crippen MR) is 99.8 cm³/mol. The van der Waals surface area contributed by atoms with E-state index in [1.165, 1.54) is 18.2 Å². The number of carbonyl (C=O) groups excluding carboxylic acids is 1. The predicted octanol–water partition coefficient (Wildman–Crippen LogP) is 4.93. The van der Waals surface area contributed by atoms with Gasteiger partial charge in [-0.2, -0.15) is 0 Å². The van der Waals surface area contributed by atoms with Crippen LogP contribution >= 0.6 is 11.6 Å². The van der Waals surface area contributed by atoms with Crippen LogP contribution in [0.25, 0.3) is 0 Å². The van der Waals surface area contributed by atoms with E-state index in [9.17, 15) is 13.6 Å². The summed E-state index contributed by atoms with van der Waals surface area (Å²) in [4.78, 5) is 14.7. The number of Topliss-reactive ketones (excluding diaryl/α,β-unsaturated/α-hetero) is 1. The molecule has 0 saturated carbocycles. The molecule has 0 bridgehead atoms. The summed E-state index contributed by atoms with van der Waals surface area (Å²) in [6.45, 7) is 2.07. The summed E-state index contributed by atoms with van der Waals surface area (Å²) < 4.78 is 27.4. The minimum atomic E-state index is -0.478. The molecule has 3 rings (SSSR count). The van der Waals surface area contributed by atoms with Crippen LogP contribution in [0.5, 0.6) is 0 Å². The molecular formula is C21H22ClF2NO. The Hall–Kier alpha value is -1.78. The van der Waals surface area contributed by atoms with Crippen molar-refractivity contribution in [3.63, 3.8) is 0 Å². The Balaban J connectivity index is 1.71. The average molecular weight is 378 g/mol. The molecule has 2 aromatic carbocycles. The van der Waals surface area contributed by atoms with E-state index >= 15 is 0 Å². The van der Waals surface area contributed by atoms with Crippen molar-refractivity contribution < 1.29 is 13.6 Å². The molecule has 1 aliphatic heterocycles. The maximum absolute atomic E-state index is 14.2. The van der Waals surface area contributed by atoms with Gasteiger partial charge in [-0.1, -0.05) is 23.7 Å². The Labute approximate surface area is 157 Å². The number of hydrogen-bond donors (Lipinski definition) is 0. The van der Waals surface area contributed by atoms with E-state index in [2.05, 4.69) is 11.9 Å². The Morgan fingerprint density at radius 1 is 1.15 bits per heavy atom. The summed E-state index contributed by atoms with van der Waals surface area (Å²) in [5.74, 6) is -0.432. The third-order valence-corrected chi connectivity index (χ3v) is 5.37. The smallest absolute Gasteiger partial charge is 0.168 e. The lowest BCUT2D eigenvalue weighted by atomic mass is 9.89. The Morgan fingerprint density at radius 3 is 2.58 bits per heavy atom. The molecule has 1 aliphatic rings. The number of piperidine rings is 1. The van der Waals surface area contributed by atoms with Crippen molar-refractivity contribution in [2.75, 3.05) is 20.1 Å². The number of likely N-dealkylation sites (tertiary alicyclic amines) is 1. The minimum absolute atomic E-state index is 0.101. The van der Waals surface area contributed by atoms with E-state index in [1.54, 1.807) is 12.1 Å². The van der Waals surface area contributed by atoms with Gasteiger partial charge in [0.1, 0.15) is 11.6 Å². The molecule has 0 radical (unpaired) electrons. The van der Waals surface area contributed by atoms with Crippen LogP contribution in [0.4, 0.5) is 8.78 Å². The molecule has 138 valence electrons. The average Bonchev–Trinajstić information content (AvgIpc) is 2.59. The van der Waals surface area contributed by atoms with Gasteiger partial charge in [-0.15, -0.1) is 0 Å². The monoisotopic (exact) mass is 377 g/mol. The molecule has 0 aromatic heterocycles. The van der Waals surface area contributed by atoms with Gasteiger partial charge < -0.3 is 4.90 Å². The summed E-state index contributed by atoms with van der Waals surface area (Å²) in [6.07, 6.45) is 2.93. The first-order chi connectivity index (χ1) is 12.4. The third kappa shape index (κ3) is 4.68. The van der Waals surface area contributed by atoms with Crippen molar-refractivity contribution in [1.29, 1.82) is 0 Å². The zero-order chi connectivity index (χ0) is 18.7. The molecular weight excluding hydrogens is 356 g/mol. The maximum atomic E-state index is 14.2. The van der Waals surface area contributed by atoms with Gasteiger partial charge in [0.25, 0.3) is 0 Å². The van der Waals surface area contributed by atoms with Gasteiger partial charge in [0.2, 0.25) is 0 Å². The van der Waals surface area contributed by atoms with Crippen molar-refractivity contribution in [2.24, 2.45) is 5.92 Å². The van der Waals surface area contributed by atoms with Crippen molar-refractivity contribution >= 4 is 17.4 Å². The van der Waals surface area contributed by atoms with Crippen LogP contribution in [-0.2, 0) is 12.8 Å². The molecule has 2 nitrogen and oxygen atoms in total. The lowest BCUT2D eigenvalue weighted by Gasteiger charge is -2.29. The molecule has 0 atom stereocenters. The minimum Gasteiger partial charge on any atom is -0.306 e. The van der Waals surface area contributed by atoms with Gasteiger partial charge in [-0.05, 0) is 80.7 Å². The van der Waals surface area contributed by atoms with E-state index in [1.807, 2.05) is 0 Å².